The Morgan fingerprint density at radius 1 is 1.62 bits per heavy atom. The van der Waals surface area contributed by atoms with Gasteiger partial charge in [0.2, 0.25) is 0 Å². The van der Waals surface area contributed by atoms with Crippen LogP contribution in [0.4, 0.5) is 0 Å². The Morgan fingerprint density at radius 2 is 2.38 bits per heavy atom. The standard InChI is InChI=1S/C5H10INO/c7-6-3-4-1-2-5(4)8/h4-5,7-8H,1-3H2/q-1/t4-,5-/m1/s1. The van der Waals surface area contributed by atoms with E-state index in [1.54, 1.807) is 0 Å². The van der Waals surface area contributed by atoms with E-state index in [9.17, 15) is 0 Å². The SMILES string of the molecule is [NH][I-]C[C@H]1CC[C@H]1O. The Labute approximate surface area is 60.1 Å². The van der Waals surface area contributed by atoms with E-state index >= 15 is 0 Å². The zero-order valence-electron chi connectivity index (χ0n) is 4.60. The summed E-state index contributed by atoms with van der Waals surface area (Å²) in [6.07, 6.45) is 2.11. The predicted molar refractivity (Wildman–Crippen MR) is 26.7 cm³/mol. The number of rotatable bonds is 2. The third-order valence-corrected chi connectivity index (χ3v) is 3.22. The quantitative estimate of drug-likeness (QED) is 0.397. The van der Waals surface area contributed by atoms with E-state index < -0.39 is 0 Å². The van der Waals surface area contributed by atoms with Gasteiger partial charge in [0.15, 0.2) is 0 Å². The average molecular weight is 227 g/mol. The van der Waals surface area contributed by atoms with Gasteiger partial charge in [-0.3, -0.25) is 0 Å². The molecule has 0 aromatic carbocycles. The van der Waals surface area contributed by atoms with Gasteiger partial charge in [-0.05, 0) is 0 Å². The summed E-state index contributed by atoms with van der Waals surface area (Å²) in [7, 11) is 0. The molecule has 2 nitrogen and oxygen atoms in total. The van der Waals surface area contributed by atoms with Gasteiger partial charge in [-0.1, -0.05) is 0 Å². The summed E-state index contributed by atoms with van der Waals surface area (Å²) in [5, 5.41) is 8.97. The molecule has 0 saturated heterocycles. The Morgan fingerprint density at radius 3 is 2.50 bits per heavy atom. The molecule has 1 aliphatic rings. The monoisotopic (exact) mass is 227 g/mol. The normalized spacial score (nSPS) is 37.2. The van der Waals surface area contributed by atoms with E-state index in [1.165, 1.54) is 6.42 Å². The van der Waals surface area contributed by atoms with Crippen LogP contribution in [-0.4, -0.2) is 15.6 Å². The van der Waals surface area contributed by atoms with Gasteiger partial charge >= 0.3 is 59.8 Å². The van der Waals surface area contributed by atoms with Crippen LogP contribution >= 0.6 is 0 Å². The fourth-order valence-electron chi connectivity index (χ4n) is 0.831. The van der Waals surface area contributed by atoms with Gasteiger partial charge in [0.25, 0.3) is 0 Å². The first-order valence-corrected chi connectivity index (χ1v) is 5.38. The molecule has 0 spiro atoms. The first-order chi connectivity index (χ1) is 3.84. The fourth-order valence-corrected chi connectivity index (χ4v) is 2.42. The topological polar surface area (TPSA) is 44.0 Å². The molecule has 1 radical (unpaired) electrons. The van der Waals surface area contributed by atoms with Gasteiger partial charge in [-0.15, -0.1) is 0 Å². The third-order valence-electron chi connectivity index (χ3n) is 1.65. The molecular weight excluding hydrogens is 217 g/mol. The number of alkyl halides is 1. The van der Waals surface area contributed by atoms with Crippen LogP contribution in [0.2, 0.25) is 0 Å². The van der Waals surface area contributed by atoms with E-state index in [0.717, 1.165) is 10.8 Å². The Kier molecular flexibility index (Phi) is 2.52. The number of hydrogen-bond acceptors (Lipinski definition) is 1. The van der Waals surface area contributed by atoms with Crippen molar-refractivity contribution in [2.75, 3.05) is 4.43 Å². The van der Waals surface area contributed by atoms with E-state index in [2.05, 4.69) is 0 Å². The zero-order chi connectivity index (χ0) is 5.98. The van der Waals surface area contributed by atoms with Crippen molar-refractivity contribution < 1.29 is 26.6 Å². The molecule has 2 N–H and O–H groups in total. The summed E-state index contributed by atoms with van der Waals surface area (Å²) in [6, 6.07) is 0. The van der Waals surface area contributed by atoms with Crippen LogP contribution in [0, 0.1) is 5.92 Å². The first kappa shape index (κ1) is 6.77. The number of aliphatic hydroxyl groups excluding tert-OH is 1. The number of nitrogens with one attached hydrogen (secondary N) is 1. The molecule has 0 amide bonds. The zero-order valence-corrected chi connectivity index (χ0v) is 6.76. The maximum absolute atomic E-state index is 8.97. The van der Waals surface area contributed by atoms with Crippen LogP contribution in [-0.2, 0) is 0 Å². The minimum atomic E-state index is -0.325. The number of aliphatic hydroxyl groups is 1. The van der Waals surface area contributed by atoms with Crippen LogP contribution < -0.4 is 25.4 Å². The molecular formula is C5H10INO-. The van der Waals surface area contributed by atoms with Crippen molar-refractivity contribution in [2.24, 2.45) is 5.92 Å². The molecule has 0 heterocycles. The van der Waals surface area contributed by atoms with Gasteiger partial charge < -0.3 is 0 Å². The van der Waals surface area contributed by atoms with Crippen molar-refractivity contribution in [3.63, 3.8) is 0 Å². The van der Waals surface area contributed by atoms with E-state index in [0.29, 0.717) is 5.92 Å². The van der Waals surface area contributed by atoms with E-state index in [4.69, 9.17) is 9.05 Å². The molecule has 1 aliphatic carbocycles. The molecule has 49 valence electrons. The summed E-state index contributed by atoms with van der Waals surface area (Å²) in [4.78, 5) is 0. The summed E-state index contributed by atoms with van der Waals surface area (Å²) in [5.41, 5.74) is 0. The second-order valence-corrected chi connectivity index (χ2v) is 3.84. The van der Waals surface area contributed by atoms with Crippen molar-refractivity contribution in [1.29, 1.82) is 0 Å². The van der Waals surface area contributed by atoms with E-state index in [1.807, 2.05) is 0 Å². The number of halogens is 1. The molecule has 0 aromatic heterocycles. The van der Waals surface area contributed by atoms with Crippen LogP contribution in [0.1, 0.15) is 12.8 Å². The van der Waals surface area contributed by atoms with Crippen LogP contribution in [0.15, 0.2) is 0 Å². The predicted octanol–water partition coefficient (Wildman–Crippen LogP) is -2.96. The van der Waals surface area contributed by atoms with Gasteiger partial charge in [-0.2, -0.15) is 0 Å². The molecule has 2 atom stereocenters. The molecule has 3 heteroatoms. The molecule has 0 aromatic rings. The van der Waals surface area contributed by atoms with Crippen molar-refractivity contribution in [1.82, 2.24) is 3.95 Å². The van der Waals surface area contributed by atoms with Gasteiger partial charge in [0.1, 0.15) is 0 Å². The third kappa shape index (κ3) is 1.33. The average Bonchev–Trinajstić information content (AvgIpc) is 1.79. The van der Waals surface area contributed by atoms with Crippen LogP contribution in [0.25, 0.3) is 0 Å². The minimum absolute atomic E-state index is 0.0416. The summed E-state index contributed by atoms with van der Waals surface area (Å²) in [6.45, 7) is 0. The number of hydrogen-bond donors (Lipinski definition) is 1. The Hall–Kier alpha value is 0.650. The summed E-state index contributed by atoms with van der Waals surface area (Å²) < 4.78 is 7.96. The fraction of sp³-hybridized carbons (Fsp3) is 1.00. The van der Waals surface area contributed by atoms with Crippen LogP contribution in [0.5, 0.6) is 0 Å². The summed E-state index contributed by atoms with van der Waals surface area (Å²) in [5.74, 6) is 0.514. The van der Waals surface area contributed by atoms with Gasteiger partial charge in [-0.25, -0.2) is 0 Å². The van der Waals surface area contributed by atoms with Crippen molar-refractivity contribution in [3.8, 4) is 0 Å². The molecule has 0 aliphatic heterocycles. The molecule has 8 heavy (non-hydrogen) atoms. The second kappa shape index (κ2) is 2.98. The Balaban J connectivity index is 2.08. The van der Waals surface area contributed by atoms with E-state index in [-0.39, 0.29) is 27.6 Å². The molecule has 0 bridgehead atoms. The van der Waals surface area contributed by atoms with Gasteiger partial charge in [0, 0.05) is 0 Å². The Bertz CT molecular complexity index is 78.8. The first-order valence-electron chi connectivity index (χ1n) is 2.77. The van der Waals surface area contributed by atoms with Crippen molar-refractivity contribution in [3.05, 3.63) is 0 Å². The van der Waals surface area contributed by atoms with Crippen molar-refractivity contribution >= 4 is 0 Å². The molecule has 1 fully saturated rings. The van der Waals surface area contributed by atoms with Gasteiger partial charge in [0.05, 0.1) is 0 Å². The second-order valence-electron chi connectivity index (χ2n) is 2.19. The molecule has 1 saturated carbocycles. The summed E-state index contributed by atoms with van der Waals surface area (Å²) >= 11 is -0.325. The van der Waals surface area contributed by atoms with Crippen molar-refractivity contribution in [2.45, 2.75) is 18.9 Å². The maximum atomic E-state index is 8.97. The van der Waals surface area contributed by atoms with Crippen LogP contribution in [0.3, 0.4) is 0 Å². The molecule has 0 unspecified atom stereocenters. The molecule has 1 rings (SSSR count).